The first-order valence-electron chi connectivity index (χ1n) is 10.4. The molecule has 2 N–H and O–H groups in total. The molecule has 166 valence electrons. The van der Waals surface area contributed by atoms with E-state index in [1.165, 1.54) is 4.90 Å². The summed E-state index contributed by atoms with van der Waals surface area (Å²) in [7, 11) is 0. The zero-order valence-electron chi connectivity index (χ0n) is 17.2. The molecule has 0 saturated carbocycles. The van der Waals surface area contributed by atoms with Gasteiger partial charge >= 0.3 is 0 Å². The van der Waals surface area contributed by atoms with Crippen LogP contribution in [-0.4, -0.2) is 41.2 Å². The Balaban J connectivity index is 1.33. The number of hydrogen-bond donors (Lipinski definition) is 2. The van der Waals surface area contributed by atoms with Crippen LogP contribution in [0.2, 0.25) is 5.02 Å². The van der Waals surface area contributed by atoms with Gasteiger partial charge in [-0.15, -0.1) is 0 Å². The van der Waals surface area contributed by atoms with Crippen molar-refractivity contribution >= 4 is 40.9 Å². The van der Waals surface area contributed by atoms with Crippen LogP contribution in [0.3, 0.4) is 0 Å². The van der Waals surface area contributed by atoms with E-state index in [0.717, 1.165) is 0 Å². The monoisotopic (exact) mass is 455 g/mol. The molecule has 4 rings (SSSR count). The number of imide groups is 1. The van der Waals surface area contributed by atoms with Crippen molar-refractivity contribution < 1.29 is 23.9 Å². The summed E-state index contributed by atoms with van der Waals surface area (Å²) in [6, 6.07) is 11.4. The quantitative estimate of drug-likeness (QED) is 0.493. The van der Waals surface area contributed by atoms with E-state index in [0.29, 0.717) is 47.0 Å². The number of carbonyl (C=O) groups is 4. The van der Waals surface area contributed by atoms with Gasteiger partial charge in [-0.2, -0.15) is 0 Å². The van der Waals surface area contributed by atoms with Crippen LogP contribution in [0, 0.1) is 0 Å². The largest absolute Gasteiger partial charge is 0.494 e. The Labute approximate surface area is 189 Å². The van der Waals surface area contributed by atoms with Crippen molar-refractivity contribution in [1.29, 1.82) is 0 Å². The smallest absolute Gasteiger partial charge is 0.255 e. The second-order valence-corrected chi connectivity index (χ2v) is 8.12. The molecule has 4 amide bonds. The normalized spacial score (nSPS) is 17.7. The third-order valence-corrected chi connectivity index (χ3v) is 5.74. The van der Waals surface area contributed by atoms with E-state index in [1.54, 1.807) is 42.5 Å². The molecular weight excluding hydrogens is 434 g/mol. The maximum Gasteiger partial charge on any atom is 0.255 e. The molecule has 1 unspecified atom stereocenters. The first-order valence-corrected chi connectivity index (χ1v) is 10.7. The zero-order chi connectivity index (χ0) is 22.7. The Morgan fingerprint density at radius 2 is 1.94 bits per heavy atom. The third kappa shape index (κ3) is 4.75. The van der Waals surface area contributed by atoms with Crippen molar-refractivity contribution in [3.63, 3.8) is 0 Å². The van der Waals surface area contributed by atoms with Crippen molar-refractivity contribution in [3.05, 3.63) is 58.6 Å². The summed E-state index contributed by atoms with van der Waals surface area (Å²) in [5, 5.41) is 5.78. The topological polar surface area (TPSA) is 105 Å². The van der Waals surface area contributed by atoms with Crippen molar-refractivity contribution in [1.82, 2.24) is 10.2 Å². The second-order valence-electron chi connectivity index (χ2n) is 7.69. The molecule has 2 aromatic rings. The fraction of sp³-hybridized carbons (Fsp3) is 0.304. The van der Waals surface area contributed by atoms with Gasteiger partial charge in [0.1, 0.15) is 11.8 Å². The number of halogens is 1. The Morgan fingerprint density at radius 3 is 2.69 bits per heavy atom. The number of carbonyl (C=O) groups excluding carboxylic acids is 4. The maximum atomic E-state index is 12.9. The summed E-state index contributed by atoms with van der Waals surface area (Å²) in [6.45, 7) is 0.584. The summed E-state index contributed by atoms with van der Waals surface area (Å²) in [5.41, 5.74) is 1.68. The number of hydrogen-bond acceptors (Lipinski definition) is 5. The molecule has 1 atom stereocenters. The fourth-order valence-electron chi connectivity index (χ4n) is 3.87. The van der Waals surface area contributed by atoms with E-state index in [-0.39, 0.29) is 37.1 Å². The van der Waals surface area contributed by atoms with E-state index >= 15 is 0 Å². The molecule has 0 bridgehead atoms. The second kappa shape index (κ2) is 9.40. The fourth-order valence-corrected chi connectivity index (χ4v) is 4.00. The van der Waals surface area contributed by atoms with Crippen molar-refractivity contribution in [3.8, 4) is 5.75 Å². The highest BCUT2D eigenvalue weighted by Gasteiger charge is 2.39. The van der Waals surface area contributed by atoms with E-state index in [4.69, 9.17) is 16.3 Å². The summed E-state index contributed by atoms with van der Waals surface area (Å²) >= 11 is 5.84. The average Bonchev–Trinajstić information content (AvgIpc) is 3.10. The van der Waals surface area contributed by atoms with Gasteiger partial charge in [0.2, 0.25) is 17.7 Å². The molecule has 2 aliphatic rings. The Hall–Kier alpha value is -3.39. The first kappa shape index (κ1) is 21.8. The molecule has 0 aromatic heterocycles. The van der Waals surface area contributed by atoms with Gasteiger partial charge in [-0.25, -0.2) is 0 Å². The molecule has 2 aromatic carbocycles. The number of ether oxygens (including phenoxy) is 1. The van der Waals surface area contributed by atoms with Crippen LogP contribution in [0.25, 0.3) is 0 Å². The number of rotatable bonds is 7. The standard InChI is InChI=1S/C23H22ClN3O5/c24-14-6-8-15(9-7-14)32-12-2-5-20(28)25-18-4-1-3-16-17(18)13-27(23(16)31)19-10-11-21(29)26-22(19)30/h1,3-4,6-9,19H,2,5,10-13H2,(H,25,28)(H,26,29,30). The molecule has 1 fully saturated rings. The van der Waals surface area contributed by atoms with Gasteiger partial charge in [-0.1, -0.05) is 17.7 Å². The van der Waals surface area contributed by atoms with Gasteiger partial charge in [-0.3, -0.25) is 24.5 Å². The highest BCUT2D eigenvalue weighted by molar-refractivity contribution is 6.30. The molecule has 0 aliphatic carbocycles. The lowest BCUT2D eigenvalue weighted by molar-refractivity contribution is -0.137. The minimum atomic E-state index is -0.693. The number of anilines is 1. The van der Waals surface area contributed by atoms with Crippen molar-refractivity contribution in [2.45, 2.75) is 38.3 Å². The van der Waals surface area contributed by atoms with Gasteiger partial charge < -0.3 is 15.0 Å². The van der Waals surface area contributed by atoms with Gasteiger partial charge in [0.25, 0.3) is 5.91 Å². The number of nitrogens with one attached hydrogen (secondary N) is 2. The molecule has 2 heterocycles. The maximum absolute atomic E-state index is 12.9. The number of fused-ring (bicyclic) bond motifs is 1. The van der Waals surface area contributed by atoms with Gasteiger partial charge in [0.05, 0.1) is 6.61 Å². The first-order chi connectivity index (χ1) is 15.4. The highest BCUT2D eigenvalue weighted by atomic mass is 35.5. The van der Waals surface area contributed by atoms with Gasteiger partial charge in [-0.05, 0) is 49.2 Å². The molecular formula is C23H22ClN3O5. The van der Waals surface area contributed by atoms with Crippen LogP contribution < -0.4 is 15.4 Å². The summed E-state index contributed by atoms with van der Waals surface area (Å²) < 4.78 is 5.60. The number of nitrogens with zero attached hydrogens (tertiary/aromatic N) is 1. The summed E-state index contributed by atoms with van der Waals surface area (Å²) in [5.74, 6) is -0.577. The number of amides is 4. The zero-order valence-corrected chi connectivity index (χ0v) is 18.0. The SMILES string of the molecule is O=C1CCC(N2Cc3c(NC(=O)CCCOc4ccc(Cl)cc4)cccc3C2=O)C(=O)N1. The van der Waals surface area contributed by atoms with Crippen molar-refractivity contribution in [2.75, 3.05) is 11.9 Å². The Morgan fingerprint density at radius 1 is 1.16 bits per heavy atom. The van der Waals surface area contributed by atoms with Crippen LogP contribution in [0.4, 0.5) is 5.69 Å². The van der Waals surface area contributed by atoms with E-state index < -0.39 is 11.9 Å². The van der Waals surface area contributed by atoms with Crippen LogP contribution in [0.15, 0.2) is 42.5 Å². The molecule has 2 aliphatic heterocycles. The lowest BCUT2D eigenvalue weighted by atomic mass is 10.0. The van der Waals surface area contributed by atoms with Crippen molar-refractivity contribution in [2.24, 2.45) is 0 Å². The summed E-state index contributed by atoms with van der Waals surface area (Å²) in [4.78, 5) is 50.4. The molecule has 9 heteroatoms. The minimum Gasteiger partial charge on any atom is -0.494 e. The van der Waals surface area contributed by atoms with Crippen LogP contribution in [0.1, 0.15) is 41.6 Å². The van der Waals surface area contributed by atoms with E-state index in [9.17, 15) is 19.2 Å². The van der Waals surface area contributed by atoms with Crippen LogP contribution >= 0.6 is 11.6 Å². The predicted octanol–water partition coefficient (Wildman–Crippen LogP) is 2.90. The Bertz CT molecular complexity index is 1070. The van der Waals surface area contributed by atoms with E-state index in [2.05, 4.69) is 10.6 Å². The summed E-state index contributed by atoms with van der Waals surface area (Å²) in [6.07, 6.45) is 1.25. The molecule has 0 radical (unpaired) electrons. The van der Waals surface area contributed by atoms with Crippen LogP contribution in [0.5, 0.6) is 5.75 Å². The third-order valence-electron chi connectivity index (χ3n) is 5.49. The highest BCUT2D eigenvalue weighted by Crippen LogP contribution is 2.32. The van der Waals surface area contributed by atoms with Gasteiger partial charge in [0.15, 0.2) is 0 Å². The molecule has 32 heavy (non-hydrogen) atoms. The lowest BCUT2D eigenvalue weighted by Crippen LogP contribution is -2.52. The molecule has 1 saturated heterocycles. The number of benzene rings is 2. The average molecular weight is 456 g/mol. The van der Waals surface area contributed by atoms with E-state index in [1.807, 2.05) is 0 Å². The Kier molecular flexibility index (Phi) is 6.41. The minimum absolute atomic E-state index is 0.190. The predicted molar refractivity (Wildman–Crippen MR) is 117 cm³/mol. The van der Waals surface area contributed by atoms with Gasteiger partial charge in [0, 0.05) is 41.2 Å². The number of piperidine rings is 1. The molecule has 8 nitrogen and oxygen atoms in total. The van der Waals surface area contributed by atoms with Crippen LogP contribution in [-0.2, 0) is 20.9 Å². The lowest BCUT2D eigenvalue weighted by Gasteiger charge is -2.29. The molecule has 0 spiro atoms.